The van der Waals surface area contributed by atoms with Crippen LogP contribution in [0.4, 0.5) is 4.39 Å². The van der Waals surface area contributed by atoms with Crippen molar-refractivity contribution in [3.8, 4) is 5.75 Å². The summed E-state index contributed by atoms with van der Waals surface area (Å²) in [6, 6.07) is 14.1. The first-order chi connectivity index (χ1) is 9.22. The van der Waals surface area contributed by atoms with Gasteiger partial charge in [0, 0.05) is 11.4 Å². The molecule has 2 aromatic carbocycles. The second kappa shape index (κ2) is 6.59. The summed E-state index contributed by atoms with van der Waals surface area (Å²) in [6.07, 6.45) is 1.68. The molecule has 0 saturated heterocycles. The fourth-order valence-corrected chi connectivity index (χ4v) is 2.19. The van der Waals surface area contributed by atoms with E-state index >= 15 is 0 Å². The maximum absolute atomic E-state index is 13.2. The zero-order chi connectivity index (χ0) is 13.7. The Morgan fingerprint density at radius 3 is 2.53 bits per heavy atom. The lowest BCUT2D eigenvalue weighted by Crippen LogP contribution is -2.18. The summed E-state index contributed by atoms with van der Waals surface area (Å²) in [6.45, 7) is 0.299. The summed E-state index contributed by atoms with van der Waals surface area (Å²) in [5, 5.41) is 0. The Labute approximate surface area is 116 Å². The third kappa shape index (κ3) is 3.72. The van der Waals surface area contributed by atoms with Gasteiger partial charge in [0.15, 0.2) is 0 Å². The number of halogens is 1. The van der Waals surface area contributed by atoms with Gasteiger partial charge < -0.3 is 10.5 Å². The summed E-state index contributed by atoms with van der Waals surface area (Å²) in [7, 11) is 0. The van der Waals surface area contributed by atoms with E-state index in [1.807, 2.05) is 36.6 Å². The summed E-state index contributed by atoms with van der Waals surface area (Å²) in [4.78, 5) is 1.17. The van der Waals surface area contributed by atoms with Gasteiger partial charge in [0.1, 0.15) is 17.7 Å². The minimum absolute atomic E-state index is 0.280. The number of benzene rings is 2. The second-order valence-electron chi connectivity index (χ2n) is 4.07. The highest BCUT2D eigenvalue weighted by atomic mass is 32.2. The third-order valence-corrected chi connectivity index (χ3v) is 3.52. The number of rotatable bonds is 5. The predicted octanol–water partition coefficient (Wildman–Crippen LogP) is 3.63. The number of hydrogen-bond donors (Lipinski definition) is 1. The van der Waals surface area contributed by atoms with Gasteiger partial charge in [-0.15, -0.1) is 11.8 Å². The van der Waals surface area contributed by atoms with E-state index in [9.17, 15) is 4.39 Å². The first kappa shape index (κ1) is 13.9. The summed E-state index contributed by atoms with van der Waals surface area (Å²) in [5.74, 6) is 0.454. The van der Waals surface area contributed by atoms with E-state index < -0.39 is 0 Å². The van der Waals surface area contributed by atoms with Gasteiger partial charge in [-0.25, -0.2) is 4.39 Å². The predicted molar refractivity (Wildman–Crippen MR) is 77.0 cm³/mol. The van der Waals surface area contributed by atoms with Crippen LogP contribution < -0.4 is 10.5 Å². The lowest BCUT2D eigenvalue weighted by molar-refractivity contribution is 0.213. The Bertz CT molecular complexity index is 530. The molecule has 0 heterocycles. The van der Waals surface area contributed by atoms with Crippen LogP contribution in [0, 0.1) is 5.82 Å². The lowest BCUT2D eigenvalue weighted by atomic mass is 10.1. The molecule has 0 fully saturated rings. The molecule has 1 atom stereocenters. The van der Waals surface area contributed by atoms with Crippen LogP contribution in [0.5, 0.6) is 5.75 Å². The first-order valence-corrected chi connectivity index (χ1v) is 7.21. The van der Waals surface area contributed by atoms with Crippen LogP contribution in [0.25, 0.3) is 0 Å². The second-order valence-corrected chi connectivity index (χ2v) is 4.95. The van der Waals surface area contributed by atoms with Crippen LogP contribution in [-0.4, -0.2) is 12.8 Å². The van der Waals surface area contributed by atoms with Gasteiger partial charge in [0.05, 0.1) is 0 Å². The van der Waals surface area contributed by atoms with Gasteiger partial charge in [0.2, 0.25) is 0 Å². The summed E-state index contributed by atoms with van der Waals surface area (Å²) < 4.78 is 19.0. The lowest BCUT2D eigenvalue weighted by Gasteiger charge is -2.18. The van der Waals surface area contributed by atoms with E-state index in [4.69, 9.17) is 10.5 Å². The van der Waals surface area contributed by atoms with E-state index in [2.05, 4.69) is 0 Å². The van der Waals surface area contributed by atoms with Crippen molar-refractivity contribution in [1.29, 1.82) is 0 Å². The van der Waals surface area contributed by atoms with E-state index in [1.54, 1.807) is 17.8 Å². The number of ether oxygens (including phenoxy) is 1. The molecule has 0 aromatic heterocycles. The SMILES string of the molecule is CSc1ccc(OC(CN)c2cccc(F)c2)cc1. The third-order valence-electron chi connectivity index (χ3n) is 2.77. The number of thioether (sulfide) groups is 1. The molecule has 0 radical (unpaired) electrons. The largest absolute Gasteiger partial charge is 0.484 e. The van der Waals surface area contributed by atoms with Crippen molar-refractivity contribution in [3.05, 3.63) is 59.9 Å². The van der Waals surface area contributed by atoms with Crippen LogP contribution in [0.2, 0.25) is 0 Å². The summed E-state index contributed by atoms with van der Waals surface area (Å²) in [5.41, 5.74) is 6.45. The molecule has 2 nitrogen and oxygen atoms in total. The minimum atomic E-state index is -0.337. The molecule has 2 rings (SSSR count). The monoisotopic (exact) mass is 277 g/mol. The van der Waals surface area contributed by atoms with Crippen LogP contribution in [0.15, 0.2) is 53.4 Å². The Morgan fingerprint density at radius 1 is 1.21 bits per heavy atom. The van der Waals surface area contributed by atoms with Crippen molar-refractivity contribution < 1.29 is 9.13 Å². The van der Waals surface area contributed by atoms with Gasteiger partial charge in [-0.05, 0) is 48.2 Å². The molecular formula is C15H16FNOS. The average molecular weight is 277 g/mol. The molecule has 0 aliphatic carbocycles. The van der Waals surface area contributed by atoms with E-state index in [0.29, 0.717) is 6.54 Å². The van der Waals surface area contributed by atoms with Gasteiger partial charge in [-0.1, -0.05) is 12.1 Å². The molecule has 2 N–H and O–H groups in total. The number of nitrogens with two attached hydrogens (primary N) is 1. The maximum Gasteiger partial charge on any atom is 0.136 e. The van der Waals surface area contributed by atoms with Crippen LogP contribution in [0.3, 0.4) is 0 Å². The van der Waals surface area contributed by atoms with Crippen molar-refractivity contribution in [3.63, 3.8) is 0 Å². The zero-order valence-corrected chi connectivity index (χ0v) is 11.5. The van der Waals surface area contributed by atoms with Crippen molar-refractivity contribution in [2.45, 2.75) is 11.0 Å². The van der Waals surface area contributed by atoms with Crippen molar-refractivity contribution in [2.75, 3.05) is 12.8 Å². The highest BCUT2D eigenvalue weighted by Gasteiger charge is 2.12. The molecule has 1 unspecified atom stereocenters. The molecular weight excluding hydrogens is 261 g/mol. The zero-order valence-electron chi connectivity index (χ0n) is 10.7. The Balaban J connectivity index is 2.14. The molecule has 100 valence electrons. The van der Waals surface area contributed by atoms with E-state index in [-0.39, 0.29) is 11.9 Å². The number of hydrogen-bond acceptors (Lipinski definition) is 3. The molecule has 19 heavy (non-hydrogen) atoms. The van der Waals surface area contributed by atoms with Crippen LogP contribution >= 0.6 is 11.8 Å². The molecule has 0 aliphatic heterocycles. The molecule has 0 amide bonds. The van der Waals surface area contributed by atoms with Crippen molar-refractivity contribution in [2.24, 2.45) is 5.73 Å². The molecule has 0 saturated carbocycles. The van der Waals surface area contributed by atoms with Gasteiger partial charge in [-0.3, -0.25) is 0 Å². The summed E-state index contributed by atoms with van der Waals surface area (Å²) >= 11 is 1.67. The average Bonchev–Trinajstić information content (AvgIpc) is 2.45. The standard InChI is InChI=1S/C15H16FNOS/c1-19-14-7-5-13(6-8-14)18-15(10-17)11-3-2-4-12(16)9-11/h2-9,15H,10,17H2,1H3. The molecule has 2 aromatic rings. The molecule has 0 spiro atoms. The quantitative estimate of drug-likeness (QED) is 0.848. The van der Waals surface area contributed by atoms with E-state index in [1.165, 1.54) is 17.0 Å². The van der Waals surface area contributed by atoms with Crippen molar-refractivity contribution in [1.82, 2.24) is 0 Å². The molecule has 0 bridgehead atoms. The smallest absolute Gasteiger partial charge is 0.136 e. The topological polar surface area (TPSA) is 35.2 Å². The Hall–Kier alpha value is -1.52. The highest BCUT2D eigenvalue weighted by molar-refractivity contribution is 7.98. The van der Waals surface area contributed by atoms with Gasteiger partial charge in [-0.2, -0.15) is 0 Å². The normalized spacial score (nSPS) is 12.2. The molecule has 0 aliphatic rings. The van der Waals surface area contributed by atoms with Crippen molar-refractivity contribution >= 4 is 11.8 Å². The van der Waals surface area contributed by atoms with Gasteiger partial charge >= 0.3 is 0 Å². The van der Waals surface area contributed by atoms with Crippen LogP contribution in [-0.2, 0) is 0 Å². The first-order valence-electron chi connectivity index (χ1n) is 5.99. The fourth-order valence-electron chi connectivity index (χ4n) is 1.78. The highest BCUT2D eigenvalue weighted by Crippen LogP contribution is 2.24. The minimum Gasteiger partial charge on any atom is -0.484 e. The fraction of sp³-hybridized carbons (Fsp3) is 0.200. The van der Waals surface area contributed by atoms with Crippen LogP contribution in [0.1, 0.15) is 11.7 Å². The molecule has 4 heteroatoms. The Morgan fingerprint density at radius 2 is 1.95 bits per heavy atom. The van der Waals surface area contributed by atoms with Gasteiger partial charge in [0.25, 0.3) is 0 Å². The van der Waals surface area contributed by atoms with E-state index in [0.717, 1.165) is 11.3 Å². The Kier molecular flexibility index (Phi) is 4.82. The maximum atomic E-state index is 13.2.